The quantitative estimate of drug-likeness (QED) is 0.228. The van der Waals surface area contributed by atoms with Crippen LogP contribution in [-0.4, -0.2) is 81.8 Å². The molecule has 0 bridgehead atoms. The van der Waals surface area contributed by atoms with E-state index in [0.717, 1.165) is 71.3 Å². The van der Waals surface area contributed by atoms with Crippen LogP contribution in [0, 0.1) is 0 Å². The van der Waals surface area contributed by atoms with Crippen LogP contribution in [0.1, 0.15) is 18.9 Å². The molecule has 2 rings (SSSR count). The molecular weight excluding hydrogens is 453 g/mol. The van der Waals surface area contributed by atoms with E-state index in [1.165, 1.54) is 5.56 Å². The summed E-state index contributed by atoms with van der Waals surface area (Å²) in [7, 11) is 1.81. The van der Waals surface area contributed by atoms with Gasteiger partial charge >= 0.3 is 0 Å². The second kappa shape index (κ2) is 15.1. The molecule has 0 atom stereocenters. The van der Waals surface area contributed by atoms with Crippen LogP contribution >= 0.6 is 24.0 Å². The second-order valence-electron chi connectivity index (χ2n) is 6.58. The minimum atomic E-state index is 0. The first-order chi connectivity index (χ1) is 12.8. The molecule has 27 heavy (non-hydrogen) atoms. The Kier molecular flexibility index (Phi) is 13.5. The zero-order valence-electron chi connectivity index (χ0n) is 16.8. The number of hydrogen-bond donors (Lipinski definition) is 2. The number of aliphatic imine (C=N–C) groups is 1. The van der Waals surface area contributed by atoms with Gasteiger partial charge in [0.1, 0.15) is 0 Å². The van der Waals surface area contributed by atoms with Crippen LogP contribution in [0.15, 0.2) is 35.3 Å². The van der Waals surface area contributed by atoms with Crippen molar-refractivity contribution in [1.82, 2.24) is 20.4 Å². The van der Waals surface area contributed by atoms with Crippen molar-refractivity contribution < 1.29 is 4.74 Å². The Hall–Kier alpha value is -0.900. The number of halogens is 1. The van der Waals surface area contributed by atoms with Gasteiger partial charge in [0.05, 0.1) is 6.61 Å². The zero-order chi connectivity index (χ0) is 18.5. The SMILES string of the molecule is CCOCCNC(=NC)NCCCN1CCN(Cc2ccccc2)CC1.I. The first kappa shape index (κ1) is 24.1. The van der Waals surface area contributed by atoms with Crippen molar-refractivity contribution in [3.63, 3.8) is 0 Å². The molecule has 1 aliphatic heterocycles. The van der Waals surface area contributed by atoms with E-state index in [1.54, 1.807) is 0 Å². The highest BCUT2D eigenvalue weighted by Crippen LogP contribution is 2.08. The summed E-state index contributed by atoms with van der Waals surface area (Å²) in [4.78, 5) is 9.35. The van der Waals surface area contributed by atoms with E-state index in [4.69, 9.17) is 4.74 Å². The van der Waals surface area contributed by atoms with Crippen molar-refractivity contribution >= 4 is 29.9 Å². The molecule has 1 aromatic carbocycles. The van der Waals surface area contributed by atoms with E-state index in [-0.39, 0.29) is 24.0 Å². The maximum absolute atomic E-state index is 5.32. The summed E-state index contributed by atoms with van der Waals surface area (Å²) in [6.07, 6.45) is 1.13. The molecule has 1 aliphatic rings. The van der Waals surface area contributed by atoms with Gasteiger partial charge in [-0.1, -0.05) is 30.3 Å². The molecule has 1 aromatic rings. The number of nitrogens with one attached hydrogen (secondary N) is 2. The number of ether oxygens (including phenoxy) is 1. The van der Waals surface area contributed by atoms with Crippen LogP contribution in [0.4, 0.5) is 0 Å². The first-order valence-electron chi connectivity index (χ1n) is 9.82. The van der Waals surface area contributed by atoms with Gasteiger partial charge in [0.15, 0.2) is 5.96 Å². The molecule has 1 heterocycles. The molecule has 1 fully saturated rings. The number of guanidine groups is 1. The van der Waals surface area contributed by atoms with Crippen LogP contribution in [0.3, 0.4) is 0 Å². The lowest BCUT2D eigenvalue weighted by atomic mass is 10.2. The Morgan fingerprint density at radius 1 is 1.04 bits per heavy atom. The molecule has 0 radical (unpaired) electrons. The highest BCUT2D eigenvalue weighted by molar-refractivity contribution is 14.0. The lowest BCUT2D eigenvalue weighted by Crippen LogP contribution is -2.46. The minimum Gasteiger partial charge on any atom is -0.380 e. The molecule has 0 saturated carbocycles. The normalized spacial score (nSPS) is 16.0. The van der Waals surface area contributed by atoms with Gasteiger partial charge in [-0.2, -0.15) is 0 Å². The van der Waals surface area contributed by atoms with Crippen molar-refractivity contribution in [1.29, 1.82) is 0 Å². The molecule has 0 amide bonds. The Labute approximate surface area is 181 Å². The second-order valence-corrected chi connectivity index (χ2v) is 6.58. The number of nitrogens with zero attached hydrogens (tertiary/aromatic N) is 3. The van der Waals surface area contributed by atoms with E-state index < -0.39 is 0 Å². The van der Waals surface area contributed by atoms with Crippen LogP contribution in [0.5, 0.6) is 0 Å². The summed E-state index contributed by atoms with van der Waals surface area (Å²) in [6.45, 7) is 12.1. The van der Waals surface area contributed by atoms with Crippen LogP contribution in [-0.2, 0) is 11.3 Å². The molecule has 0 aromatic heterocycles. The van der Waals surface area contributed by atoms with Crippen molar-refractivity contribution in [3.8, 4) is 0 Å². The summed E-state index contributed by atoms with van der Waals surface area (Å²) < 4.78 is 5.32. The third-order valence-corrected chi connectivity index (χ3v) is 4.62. The van der Waals surface area contributed by atoms with Crippen molar-refractivity contribution in [3.05, 3.63) is 35.9 Å². The molecule has 0 aliphatic carbocycles. The van der Waals surface area contributed by atoms with Gasteiger partial charge in [0.2, 0.25) is 0 Å². The fourth-order valence-electron chi connectivity index (χ4n) is 3.13. The monoisotopic (exact) mass is 489 g/mol. The molecule has 7 heteroatoms. The number of rotatable bonds is 10. The third kappa shape index (κ3) is 10.3. The van der Waals surface area contributed by atoms with Gasteiger partial charge in [-0.05, 0) is 25.5 Å². The molecular formula is C20H36IN5O. The van der Waals surface area contributed by atoms with E-state index in [2.05, 4.69) is 55.8 Å². The van der Waals surface area contributed by atoms with Crippen molar-refractivity contribution in [2.24, 2.45) is 4.99 Å². The van der Waals surface area contributed by atoms with Gasteiger partial charge in [-0.3, -0.25) is 9.89 Å². The van der Waals surface area contributed by atoms with Crippen LogP contribution in [0.2, 0.25) is 0 Å². The minimum absolute atomic E-state index is 0. The van der Waals surface area contributed by atoms with Crippen LogP contribution < -0.4 is 10.6 Å². The third-order valence-electron chi connectivity index (χ3n) is 4.62. The zero-order valence-corrected chi connectivity index (χ0v) is 19.2. The standard InChI is InChI=1S/C20H35N5O.HI/c1-3-26-17-11-23-20(21-2)22-10-7-12-24-13-15-25(16-14-24)18-19-8-5-4-6-9-19;/h4-6,8-9H,3,7,10-18H2,1-2H3,(H2,21,22,23);1H. The summed E-state index contributed by atoms with van der Waals surface area (Å²) in [5, 5.41) is 6.64. The highest BCUT2D eigenvalue weighted by Gasteiger charge is 2.16. The Morgan fingerprint density at radius 2 is 1.70 bits per heavy atom. The summed E-state index contributed by atoms with van der Waals surface area (Å²) >= 11 is 0. The topological polar surface area (TPSA) is 52.1 Å². The summed E-state index contributed by atoms with van der Waals surface area (Å²) in [5.74, 6) is 0.859. The largest absolute Gasteiger partial charge is 0.380 e. The first-order valence-corrected chi connectivity index (χ1v) is 9.82. The Bertz CT molecular complexity index is 506. The molecule has 0 spiro atoms. The van der Waals surface area contributed by atoms with Crippen molar-refractivity contribution in [2.75, 3.05) is 66.1 Å². The van der Waals surface area contributed by atoms with Gasteiger partial charge in [-0.15, -0.1) is 24.0 Å². The average molecular weight is 489 g/mol. The van der Waals surface area contributed by atoms with E-state index in [9.17, 15) is 0 Å². The molecule has 6 nitrogen and oxygen atoms in total. The summed E-state index contributed by atoms with van der Waals surface area (Å²) in [6, 6.07) is 10.8. The predicted octanol–water partition coefficient (Wildman–Crippen LogP) is 2.01. The predicted molar refractivity (Wildman–Crippen MR) is 124 cm³/mol. The van der Waals surface area contributed by atoms with Gasteiger partial charge in [-0.25, -0.2) is 0 Å². The average Bonchev–Trinajstić information content (AvgIpc) is 2.69. The molecule has 1 saturated heterocycles. The van der Waals surface area contributed by atoms with Gasteiger partial charge in [0.25, 0.3) is 0 Å². The number of piperazine rings is 1. The maximum Gasteiger partial charge on any atom is 0.191 e. The fourth-order valence-corrected chi connectivity index (χ4v) is 3.13. The van der Waals surface area contributed by atoms with Gasteiger partial charge in [0, 0.05) is 59.5 Å². The smallest absolute Gasteiger partial charge is 0.191 e. The maximum atomic E-state index is 5.32. The fraction of sp³-hybridized carbons (Fsp3) is 0.650. The highest BCUT2D eigenvalue weighted by atomic mass is 127. The lowest BCUT2D eigenvalue weighted by molar-refractivity contribution is 0.126. The number of hydrogen-bond acceptors (Lipinski definition) is 4. The van der Waals surface area contributed by atoms with E-state index >= 15 is 0 Å². The van der Waals surface area contributed by atoms with E-state index in [1.807, 2.05) is 14.0 Å². The summed E-state index contributed by atoms with van der Waals surface area (Å²) in [5.41, 5.74) is 1.41. The van der Waals surface area contributed by atoms with E-state index in [0.29, 0.717) is 6.61 Å². The Morgan fingerprint density at radius 3 is 2.37 bits per heavy atom. The van der Waals surface area contributed by atoms with Crippen LogP contribution in [0.25, 0.3) is 0 Å². The molecule has 154 valence electrons. The number of benzene rings is 1. The van der Waals surface area contributed by atoms with Crippen molar-refractivity contribution in [2.45, 2.75) is 19.9 Å². The lowest BCUT2D eigenvalue weighted by Gasteiger charge is -2.34. The van der Waals surface area contributed by atoms with Gasteiger partial charge < -0.3 is 20.3 Å². The molecule has 0 unspecified atom stereocenters. The molecule has 2 N–H and O–H groups in total. The Balaban J connectivity index is 0.00000364.